The molecule has 0 bridgehead atoms. The number of hydrogen-bond donors (Lipinski definition) is 2. The summed E-state index contributed by atoms with van der Waals surface area (Å²) in [5, 5.41) is 5.17. The SMILES string of the molecule is CNC(=O)CN1C(=O)[C@@H](NC(C)=O)Cc2c1ncn2COCC[Si](C)(C)C. The Balaban J connectivity index is 2.18. The van der Waals surface area contributed by atoms with Gasteiger partial charge in [0, 0.05) is 35.1 Å². The predicted molar refractivity (Wildman–Crippen MR) is 104 cm³/mol. The molecular formula is C17H29N5O4Si. The highest BCUT2D eigenvalue weighted by Gasteiger charge is 2.37. The van der Waals surface area contributed by atoms with Gasteiger partial charge in [-0.15, -0.1) is 0 Å². The molecule has 0 fully saturated rings. The van der Waals surface area contributed by atoms with Gasteiger partial charge in [-0.25, -0.2) is 4.98 Å². The van der Waals surface area contributed by atoms with Crippen LogP contribution >= 0.6 is 0 Å². The molecule has 1 aromatic rings. The number of carbonyl (C=O) groups excluding carboxylic acids is 3. The number of amides is 3. The molecule has 0 saturated carbocycles. The molecular weight excluding hydrogens is 366 g/mol. The molecule has 9 nitrogen and oxygen atoms in total. The molecule has 0 radical (unpaired) electrons. The largest absolute Gasteiger partial charge is 0.361 e. The average molecular weight is 396 g/mol. The smallest absolute Gasteiger partial charge is 0.251 e. The first-order valence-electron chi connectivity index (χ1n) is 9.03. The van der Waals surface area contributed by atoms with E-state index in [4.69, 9.17) is 4.74 Å². The zero-order valence-corrected chi connectivity index (χ0v) is 17.7. The van der Waals surface area contributed by atoms with Crippen LogP contribution in [0.2, 0.25) is 25.7 Å². The first-order chi connectivity index (χ1) is 12.6. The molecule has 10 heteroatoms. The number of rotatable bonds is 8. The van der Waals surface area contributed by atoms with E-state index in [0.29, 0.717) is 25.6 Å². The van der Waals surface area contributed by atoms with Crippen molar-refractivity contribution in [3.8, 4) is 0 Å². The van der Waals surface area contributed by atoms with Crippen molar-refractivity contribution in [3.63, 3.8) is 0 Å². The molecule has 0 saturated heterocycles. The Labute approximate surface area is 160 Å². The van der Waals surface area contributed by atoms with Crippen LogP contribution in [0.4, 0.5) is 5.82 Å². The number of nitrogens with one attached hydrogen (secondary N) is 2. The number of nitrogens with zero attached hydrogens (tertiary/aromatic N) is 3. The standard InChI is InChI=1S/C17H29N5O4Si/c1-12(23)20-13-8-14-16(22(17(13)25)9-15(24)18-2)19-10-21(14)11-26-6-7-27(3,4)5/h10,13H,6-9,11H2,1-5H3,(H,18,24)(H,20,23)/t13-/m0/s1. The van der Waals surface area contributed by atoms with Crippen LogP contribution in [0.5, 0.6) is 0 Å². The van der Waals surface area contributed by atoms with Crippen molar-refractivity contribution in [2.24, 2.45) is 0 Å². The summed E-state index contributed by atoms with van der Waals surface area (Å²) >= 11 is 0. The number of carbonyl (C=O) groups is 3. The summed E-state index contributed by atoms with van der Waals surface area (Å²) < 4.78 is 7.62. The van der Waals surface area contributed by atoms with E-state index in [2.05, 4.69) is 35.3 Å². The van der Waals surface area contributed by atoms with E-state index in [0.717, 1.165) is 11.7 Å². The van der Waals surface area contributed by atoms with Crippen LogP contribution in [0.25, 0.3) is 0 Å². The Hall–Kier alpha value is -2.20. The molecule has 0 aliphatic carbocycles. The summed E-state index contributed by atoms with van der Waals surface area (Å²) in [6.45, 7) is 9.07. The number of fused-ring (bicyclic) bond motifs is 1. The van der Waals surface area contributed by atoms with Crippen LogP contribution in [0.1, 0.15) is 12.6 Å². The maximum Gasteiger partial charge on any atom is 0.251 e. The van der Waals surface area contributed by atoms with Crippen molar-refractivity contribution in [1.82, 2.24) is 20.2 Å². The van der Waals surface area contributed by atoms with Crippen LogP contribution in [0, 0.1) is 0 Å². The monoisotopic (exact) mass is 395 g/mol. The molecule has 27 heavy (non-hydrogen) atoms. The van der Waals surface area contributed by atoms with E-state index in [-0.39, 0.29) is 24.3 Å². The summed E-state index contributed by atoms with van der Waals surface area (Å²) in [4.78, 5) is 41.7. The Morgan fingerprint density at radius 3 is 2.67 bits per heavy atom. The van der Waals surface area contributed by atoms with Gasteiger partial charge >= 0.3 is 0 Å². The lowest BCUT2D eigenvalue weighted by atomic mass is 10.0. The van der Waals surface area contributed by atoms with Gasteiger partial charge in [0.2, 0.25) is 11.8 Å². The summed E-state index contributed by atoms with van der Waals surface area (Å²) in [5.41, 5.74) is 0.769. The minimum Gasteiger partial charge on any atom is -0.361 e. The van der Waals surface area contributed by atoms with E-state index in [1.54, 1.807) is 6.33 Å². The van der Waals surface area contributed by atoms with Gasteiger partial charge in [-0.3, -0.25) is 19.3 Å². The van der Waals surface area contributed by atoms with E-state index < -0.39 is 14.1 Å². The second kappa shape index (κ2) is 8.66. The molecule has 1 aromatic heterocycles. The topological polar surface area (TPSA) is 106 Å². The molecule has 2 heterocycles. The molecule has 1 atom stereocenters. The molecule has 0 aromatic carbocycles. The average Bonchev–Trinajstić information content (AvgIpc) is 2.96. The molecule has 1 aliphatic rings. The zero-order chi connectivity index (χ0) is 20.2. The van der Waals surface area contributed by atoms with Crippen LogP contribution in [0.3, 0.4) is 0 Å². The van der Waals surface area contributed by atoms with E-state index in [9.17, 15) is 14.4 Å². The van der Waals surface area contributed by atoms with Gasteiger partial charge in [-0.05, 0) is 6.04 Å². The van der Waals surface area contributed by atoms with Crippen LogP contribution in [-0.2, 0) is 32.3 Å². The lowest BCUT2D eigenvalue weighted by molar-refractivity contribution is -0.128. The summed E-state index contributed by atoms with van der Waals surface area (Å²) in [6.07, 6.45) is 1.93. The highest BCUT2D eigenvalue weighted by Crippen LogP contribution is 2.26. The summed E-state index contributed by atoms with van der Waals surface area (Å²) in [7, 11) is 0.333. The third-order valence-corrected chi connectivity index (χ3v) is 6.03. The lowest BCUT2D eigenvalue weighted by Gasteiger charge is -2.31. The number of ether oxygens (including phenoxy) is 1. The summed E-state index contributed by atoms with van der Waals surface area (Å²) in [5.74, 6) is -0.502. The fraction of sp³-hybridized carbons (Fsp3) is 0.647. The third-order valence-electron chi connectivity index (χ3n) is 4.33. The maximum absolute atomic E-state index is 12.7. The van der Waals surface area contributed by atoms with Crippen molar-refractivity contribution in [2.45, 2.75) is 51.8 Å². The van der Waals surface area contributed by atoms with E-state index >= 15 is 0 Å². The molecule has 150 valence electrons. The van der Waals surface area contributed by atoms with Gasteiger partial charge in [-0.2, -0.15) is 0 Å². The molecule has 0 spiro atoms. The van der Waals surface area contributed by atoms with Crippen LogP contribution in [0.15, 0.2) is 6.33 Å². The van der Waals surface area contributed by atoms with Crippen molar-refractivity contribution < 1.29 is 19.1 Å². The maximum atomic E-state index is 12.7. The lowest BCUT2D eigenvalue weighted by Crippen LogP contribution is -2.54. The first kappa shape index (κ1) is 21.1. The van der Waals surface area contributed by atoms with Crippen molar-refractivity contribution in [1.29, 1.82) is 0 Å². The van der Waals surface area contributed by atoms with Gasteiger partial charge in [0.05, 0.1) is 12.0 Å². The van der Waals surface area contributed by atoms with Gasteiger partial charge in [0.15, 0.2) is 5.82 Å². The highest BCUT2D eigenvalue weighted by molar-refractivity contribution is 6.76. The second-order valence-electron chi connectivity index (χ2n) is 7.89. The Bertz CT molecular complexity index is 713. The number of likely N-dealkylation sites (N-methyl/N-ethyl adjacent to an activating group) is 1. The van der Waals surface area contributed by atoms with Gasteiger partial charge in [-0.1, -0.05) is 19.6 Å². The Kier molecular flexibility index (Phi) is 6.77. The van der Waals surface area contributed by atoms with Gasteiger partial charge in [0.1, 0.15) is 19.3 Å². The predicted octanol–water partition coefficient (Wildman–Crippen LogP) is 0.335. The van der Waals surface area contributed by atoms with Gasteiger partial charge in [0.25, 0.3) is 5.91 Å². The minimum atomic E-state index is -1.17. The van der Waals surface area contributed by atoms with Crippen LogP contribution < -0.4 is 15.5 Å². The number of aromatic nitrogens is 2. The van der Waals surface area contributed by atoms with Crippen molar-refractivity contribution >= 4 is 31.6 Å². The fourth-order valence-electron chi connectivity index (χ4n) is 2.79. The minimum absolute atomic E-state index is 0.147. The first-order valence-corrected chi connectivity index (χ1v) is 12.7. The number of anilines is 1. The Morgan fingerprint density at radius 2 is 2.07 bits per heavy atom. The number of hydrogen-bond acceptors (Lipinski definition) is 5. The highest BCUT2D eigenvalue weighted by atomic mass is 28.3. The second-order valence-corrected chi connectivity index (χ2v) is 13.5. The summed E-state index contributed by atoms with van der Waals surface area (Å²) in [6, 6.07) is 0.330. The van der Waals surface area contributed by atoms with E-state index in [1.807, 2.05) is 4.57 Å². The van der Waals surface area contributed by atoms with Crippen LogP contribution in [-0.4, -0.2) is 61.6 Å². The fourth-order valence-corrected chi connectivity index (χ4v) is 3.55. The van der Waals surface area contributed by atoms with Crippen molar-refractivity contribution in [2.75, 3.05) is 25.1 Å². The molecule has 3 amide bonds. The number of imidazole rings is 1. The van der Waals surface area contributed by atoms with Gasteiger partial charge < -0.3 is 19.9 Å². The third kappa shape index (κ3) is 5.63. The molecule has 0 unspecified atom stereocenters. The zero-order valence-electron chi connectivity index (χ0n) is 16.7. The Morgan fingerprint density at radius 1 is 1.37 bits per heavy atom. The normalized spacial score (nSPS) is 16.9. The molecule has 1 aliphatic heterocycles. The van der Waals surface area contributed by atoms with Crippen molar-refractivity contribution in [3.05, 3.63) is 12.0 Å². The molecule has 2 N–H and O–H groups in total. The van der Waals surface area contributed by atoms with E-state index in [1.165, 1.54) is 18.9 Å². The molecule has 2 rings (SSSR count). The quantitative estimate of drug-likeness (QED) is 0.488.